The van der Waals surface area contributed by atoms with Gasteiger partial charge in [0, 0.05) is 44.0 Å². The molecular weight excluding hydrogens is 525 g/mol. The average Bonchev–Trinajstić information content (AvgIpc) is 3.51. The van der Waals surface area contributed by atoms with Crippen molar-refractivity contribution in [2.45, 2.75) is 70.3 Å². The first-order valence-electron chi connectivity index (χ1n) is 14.8. The zero-order valence-corrected chi connectivity index (χ0v) is 23.5. The van der Waals surface area contributed by atoms with E-state index in [0.717, 1.165) is 82.6 Å². The van der Waals surface area contributed by atoms with Crippen LogP contribution in [0.5, 0.6) is 0 Å². The van der Waals surface area contributed by atoms with E-state index in [9.17, 15) is 9.18 Å². The molecule has 12 heteroatoms. The first-order valence-corrected chi connectivity index (χ1v) is 14.8. The number of piperazine rings is 1. The number of nitrogens with zero attached hydrogens (tertiary/aromatic N) is 7. The summed E-state index contributed by atoms with van der Waals surface area (Å²) in [5.74, 6) is -0.520. The molecule has 3 aromatic rings. The molecule has 2 aliphatic rings. The number of hydrogen-bond donors (Lipinski definition) is 3. The predicted octanol–water partition coefficient (Wildman–Crippen LogP) is 4.70. The van der Waals surface area contributed by atoms with E-state index in [1.807, 2.05) is 16.8 Å². The molecule has 1 aromatic carbocycles. The van der Waals surface area contributed by atoms with Crippen LogP contribution in [0.1, 0.15) is 70.3 Å². The Morgan fingerprint density at radius 1 is 1.00 bits per heavy atom. The fourth-order valence-corrected chi connectivity index (χ4v) is 5.66. The van der Waals surface area contributed by atoms with Crippen LogP contribution < -0.4 is 15.7 Å². The van der Waals surface area contributed by atoms with Crippen LogP contribution in [0.3, 0.4) is 0 Å². The first-order chi connectivity index (χ1) is 20.1. The number of hydrogen-bond acceptors (Lipinski definition) is 9. The summed E-state index contributed by atoms with van der Waals surface area (Å²) < 4.78 is 16.5. The molecule has 3 N–H and O–H groups in total. The summed E-state index contributed by atoms with van der Waals surface area (Å²) in [6.45, 7) is 5.04. The van der Waals surface area contributed by atoms with Crippen LogP contribution >= 0.6 is 0 Å². The highest BCUT2D eigenvalue weighted by atomic mass is 19.1. The maximum Gasteiger partial charge on any atom is 0.243 e. The molecule has 0 spiro atoms. The lowest BCUT2D eigenvalue weighted by molar-refractivity contribution is -0.129. The van der Waals surface area contributed by atoms with E-state index in [-0.39, 0.29) is 11.6 Å². The quantitative estimate of drug-likeness (QED) is 0.163. The molecule has 1 aliphatic carbocycles. The van der Waals surface area contributed by atoms with Gasteiger partial charge in [-0.3, -0.25) is 14.9 Å². The number of benzene rings is 1. The third-order valence-electron chi connectivity index (χ3n) is 8.06. The second-order valence-corrected chi connectivity index (χ2v) is 11.0. The van der Waals surface area contributed by atoms with Gasteiger partial charge in [-0.25, -0.2) is 24.5 Å². The zero-order chi connectivity index (χ0) is 28.4. The molecule has 1 saturated carbocycles. The van der Waals surface area contributed by atoms with E-state index in [4.69, 9.17) is 5.21 Å². The Labute approximate surface area is 240 Å². The molecule has 41 heavy (non-hydrogen) atoms. The lowest BCUT2D eigenvalue weighted by Crippen LogP contribution is -2.46. The molecule has 1 saturated heterocycles. The van der Waals surface area contributed by atoms with Gasteiger partial charge in [0.05, 0.1) is 18.4 Å². The Hall–Kier alpha value is -3.64. The van der Waals surface area contributed by atoms with Crippen LogP contribution in [0.15, 0.2) is 36.7 Å². The minimum absolute atomic E-state index is 0.146. The standard InChI is InChI=1S/C29H40FN9O2/c30-25-20-31-29(33-28(25)26-21-39(36-34-26)24-8-4-3-5-9-24)32-22-11-13-23(14-12-22)38-18-16-37(17-19-38)15-7-2-1-6-10-27(40)35-41/h11-14,20-21,24,41H,1-10,15-19H2,(H,35,40)(H,31,32,33). The Bertz CT molecular complexity index is 1260. The van der Waals surface area contributed by atoms with Crippen molar-refractivity contribution < 1.29 is 14.4 Å². The van der Waals surface area contributed by atoms with E-state index in [2.05, 4.69) is 47.5 Å². The number of halogens is 1. The summed E-state index contributed by atoms with van der Waals surface area (Å²) in [6.07, 6.45) is 13.1. The monoisotopic (exact) mass is 565 g/mol. The fraction of sp³-hybridized carbons (Fsp3) is 0.552. The molecule has 3 heterocycles. The number of aromatic nitrogens is 5. The summed E-state index contributed by atoms with van der Waals surface area (Å²) in [7, 11) is 0. The smallest absolute Gasteiger partial charge is 0.243 e. The van der Waals surface area contributed by atoms with Gasteiger partial charge in [-0.1, -0.05) is 37.3 Å². The van der Waals surface area contributed by atoms with E-state index in [0.29, 0.717) is 24.1 Å². The molecule has 0 bridgehead atoms. The number of anilines is 3. The molecule has 2 aromatic heterocycles. The van der Waals surface area contributed by atoms with Gasteiger partial charge in [0.1, 0.15) is 11.4 Å². The normalized spacial score (nSPS) is 16.6. The largest absolute Gasteiger partial charge is 0.369 e. The van der Waals surface area contributed by atoms with E-state index >= 15 is 0 Å². The van der Waals surface area contributed by atoms with Crippen molar-refractivity contribution in [3.63, 3.8) is 0 Å². The van der Waals surface area contributed by atoms with Crippen LogP contribution in [0.25, 0.3) is 11.4 Å². The molecule has 1 amide bonds. The maximum absolute atomic E-state index is 14.6. The highest BCUT2D eigenvalue weighted by Crippen LogP contribution is 2.29. The lowest BCUT2D eigenvalue weighted by atomic mass is 9.96. The van der Waals surface area contributed by atoms with Crippen molar-refractivity contribution in [3.05, 3.63) is 42.5 Å². The molecule has 1 aliphatic heterocycles. The van der Waals surface area contributed by atoms with Gasteiger partial charge in [0.2, 0.25) is 11.9 Å². The number of unbranched alkanes of at least 4 members (excludes halogenated alkanes) is 3. The van der Waals surface area contributed by atoms with Gasteiger partial charge in [0.15, 0.2) is 5.82 Å². The highest BCUT2D eigenvalue weighted by molar-refractivity contribution is 5.74. The van der Waals surface area contributed by atoms with Crippen molar-refractivity contribution in [1.82, 2.24) is 35.3 Å². The molecule has 0 radical (unpaired) electrons. The highest BCUT2D eigenvalue weighted by Gasteiger charge is 2.20. The summed E-state index contributed by atoms with van der Waals surface area (Å²) in [6, 6.07) is 8.47. The summed E-state index contributed by atoms with van der Waals surface area (Å²) in [4.78, 5) is 24.5. The van der Waals surface area contributed by atoms with Crippen LogP contribution in [0, 0.1) is 5.82 Å². The van der Waals surface area contributed by atoms with Gasteiger partial charge in [-0.15, -0.1) is 5.10 Å². The van der Waals surface area contributed by atoms with Crippen molar-refractivity contribution in [2.24, 2.45) is 0 Å². The van der Waals surface area contributed by atoms with E-state index < -0.39 is 5.82 Å². The number of nitrogens with one attached hydrogen (secondary N) is 2. The molecule has 0 atom stereocenters. The average molecular weight is 566 g/mol. The molecule has 2 fully saturated rings. The zero-order valence-electron chi connectivity index (χ0n) is 23.5. The third kappa shape index (κ3) is 7.98. The second kappa shape index (κ2) is 14.3. The molecule has 11 nitrogen and oxygen atoms in total. The Kier molecular flexibility index (Phi) is 10.1. The summed E-state index contributed by atoms with van der Waals surface area (Å²) in [5, 5.41) is 20.2. The Morgan fingerprint density at radius 3 is 2.51 bits per heavy atom. The molecular formula is C29H40FN9O2. The fourth-order valence-electron chi connectivity index (χ4n) is 5.66. The minimum Gasteiger partial charge on any atom is -0.369 e. The van der Waals surface area contributed by atoms with Gasteiger partial charge in [-0.2, -0.15) is 0 Å². The van der Waals surface area contributed by atoms with Crippen LogP contribution in [-0.2, 0) is 4.79 Å². The Balaban J connectivity index is 1.09. The van der Waals surface area contributed by atoms with Gasteiger partial charge >= 0.3 is 0 Å². The van der Waals surface area contributed by atoms with Crippen LogP contribution in [0.4, 0.5) is 21.7 Å². The molecule has 5 rings (SSSR count). The predicted molar refractivity (Wildman–Crippen MR) is 155 cm³/mol. The van der Waals surface area contributed by atoms with Crippen LogP contribution in [-0.4, -0.2) is 73.7 Å². The minimum atomic E-state index is -0.521. The summed E-state index contributed by atoms with van der Waals surface area (Å²) in [5.41, 5.74) is 4.23. The van der Waals surface area contributed by atoms with Crippen LogP contribution in [0.2, 0.25) is 0 Å². The van der Waals surface area contributed by atoms with Crippen molar-refractivity contribution in [2.75, 3.05) is 42.9 Å². The van der Waals surface area contributed by atoms with Gasteiger partial charge < -0.3 is 10.2 Å². The number of carbonyl (C=O) groups is 1. The van der Waals surface area contributed by atoms with Gasteiger partial charge in [0.25, 0.3) is 0 Å². The number of carbonyl (C=O) groups excluding carboxylic acids is 1. The summed E-state index contributed by atoms with van der Waals surface area (Å²) >= 11 is 0. The lowest BCUT2D eigenvalue weighted by Gasteiger charge is -2.36. The Morgan fingerprint density at radius 2 is 1.76 bits per heavy atom. The second-order valence-electron chi connectivity index (χ2n) is 11.0. The topological polar surface area (TPSA) is 124 Å². The van der Waals surface area contributed by atoms with Gasteiger partial charge in [-0.05, 0) is 56.5 Å². The molecule has 0 unspecified atom stereocenters. The SMILES string of the molecule is O=C(CCCCCCN1CCN(c2ccc(Nc3ncc(F)c(-c4cn(C5CCCCC5)nn4)n3)cc2)CC1)NO. The third-order valence-corrected chi connectivity index (χ3v) is 8.06. The maximum atomic E-state index is 14.6. The van der Waals surface area contributed by atoms with E-state index in [1.54, 1.807) is 11.7 Å². The molecule has 220 valence electrons. The first kappa shape index (κ1) is 28.9. The van der Waals surface area contributed by atoms with Crippen molar-refractivity contribution in [3.8, 4) is 11.4 Å². The number of amides is 1. The number of rotatable bonds is 12. The van der Waals surface area contributed by atoms with E-state index in [1.165, 1.54) is 25.5 Å². The number of hydroxylamine groups is 1. The van der Waals surface area contributed by atoms with Crippen molar-refractivity contribution >= 4 is 23.2 Å². The van der Waals surface area contributed by atoms with Crippen molar-refractivity contribution in [1.29, 1.82) is 0 Å².